The number of unbranched alkanes of at least 4 members (excludes halogenated alkanes) is 3. The van der Waals surface area contributed by atoms with Crippen molar-refractivity contribution in [2.24, 2.45) is 0 Å². The van der Waals surface area contributed by atoms with E-state index in [4.69, 9.17) is 0 Å². The van der Waals surface area contributed by atoms with Gasteiger partial charge in [-0.1, -0.05) is 86.8 Å². The molecule has 0 aliphatic rings. The van der Waals surface area contributed by atoms with Crippen molar-refractivity contribution in [1.82, 2.24) is 10.2 Å². The smallest absolute Gasteiger partial charge is 0.222 e. The van der Waals surface area contributed by atoms with Crippen LogP contribution in [-0.4, -0.2) is 23.3 Å². The summed E-state index contributed by atoms with van der Waals surface area (Å²) in [4.78, 5) is 27.0. The molecule has 2 aromatic carbocycles. The molecule has 156 valence electrons. The molecule has 0 spiro atoms. The average molecular weight is 395 g/mol. The Kier molecular flexibility index (Phi) is 9.98. The first-order valence-corrected chi connectivity index (χ1v) is 10.8. The van der Waals surface area contributed by atoms with Crippen LogP contribution in [0, 0.1) is 0 Å². The van der Waals surface area contributed by atoms with Crippen LogP contribution < -0.4 is 5.32 Å². The Morgan fingerprint density at radius 2 is 1.55 bits per heavy atom. The zero-order valence-electron chi connectivity index (χ0n) is 17.8. The van der Waals surface area contributed by atoms with Crippen molar-refractivity contribution in [3.05, 3.63) is 71.8 Å². The minimum absolute atomic E-state index is 0.0294. The maximum Gasteiger partial charge on any atom is 0.222 e. The van der Waals surface area contributed by atoms with Crippen LogP contribution in [-0.2, 0) is 16.1 Å². The van der Waals surface area contributed by atoms with Gasteiger partial charge in [0, 0.05) is 25.9 Å². The number of rotatable bonds is 12. The summed E-state index contributed by atoms with van der Waals surface area (Å²) in [6.45, 7) is 5.14. The standard InChI is InChI=1S/C25H34N2O2/c1-3-4-5-12-17-25(29)27(20-22-13-8-6-9-14-22)19-18-24(28)26-21(2)23-15-10-7-11-16-23/h6-11,13-16,21H,3-5,12,17-20H2,1-2H3,(H,26,28). The van der Waals surface area contributed by atoms with Gasteiger partial charge in [-0.25, -0.2) is 0 Å². The highest BCUT2D eigenvalue weighted by molar-refractivity contribution is 5.79. The number of carbonyl (C=O) groups excluding carboxylic acids is 2. The molecule has 29 heavy (non-hydrogen) atoms. The second-order valence-electron chi connectivity index (χ2n) is 7.56. The lowest BCUT2D eigenvalue weighted by atomic mass is 10.1. The second-order valence-corrected chi connectivity index (χ2v) is 7.56. The zero-order valence-corrected chi connectivity index (χ0v) is 17.8. The van der Waals surface area contributed by atoms with Crippen LogP contribution in [0.3, 0.4) is 0 Å². The fraction of sp³-hybridized carbons (Fsp3) is 0.440. The number of hydrogen-bond acceptors (Lipinski definition) is 2. The summed E-state index contributed by atoms with van der Waals surface area (Å²) >= 11 is 0. The minimum atomic E-state index is -0.0454. The normalized spacial score (nSPS) is 11.7. The third kappa shape index (κ3) is 8.51. The van der Waals surface area contributed by atoms with E-state index in [1.807, 2.05) is 72.5 Å². The van der Waals surface area contributed by atoms with Crippen molar-refractivity contribution in [1.29, 1.82) is 0 Å². The summed E-state index contributed by atoms with van der Waals surface area (Å²) in [5.74, 6) is 0.104. The lowest BCUT2D eigenvalue weighted by Gasteiger charge is -2.23. The maximum atomic E-state index is 12.8. The number of hydrogen-bond donors (Lipinski definition) is 1. The summed E-state index contributed by atoms with van der Waals surface area (Å²) < 4.78 is 0. The topological polar surface area (TPSA) is 49.4 Å². The highest BCUT2D eigenvalue weighted by Gasteiger charge is 2.16. The van der Waals surface area contributed by atoms with Crippen LogP contribution in [0.4, 0.5) is 0 Å². The fourth-order valence-corrected chi connectivity index (χ4v) is 3.33. The van der Waals surface area contributed by atoms with Crippen LogP contribution in [0.2, 0.25) is 0 Å². The highest BCUT2D eigenvalue weighted by atomic mass is 16.2. The number of nitrogens with zero attached hydrogens (tertiary/aromatic N) is 1. The molecular formula is C25H34N2O2. The van der Waals surface area contributed by atoms with Gasteiger partial charge in [0.2, 0.25) is 11.8 Å². The van der Waals surface area contributed by atoms with E-state index >= 15 is 0 Å². The van der Waals surface area contributed by atoms with Crippen LogP contribution in [0.15, 0.2) is 60.7 Å². The molecule has 2 aromatic rings. The molecule has 0 saturated carbocycles. The molecule has 0 aromatic heterocycles. The van der Waals surface area contributed by atoms with Gasteiger partial charge in [0.05, 0.1) is 6.04 Å². The molecule has 0 aliphatic carbocycles. The first-order chi connectivity index (χ1) is 14.1. The van der Waals surface area contributed by atoms with Crippen LogP contribution in [0.25, 0.3) is 0 Å². The summed E-state index contributed by atoms with van der Waals surface area (Å²) in [6.07, 6.45) is 5.17. The number of amides is 2. The lowest BCUT2D eigenvalue weighted by Crippen LogP contribution is -2.35. The van der Waals surface area contributed by atoms with Crippen LogP contribution >= 0.6 is 0 Å². The molecule has 0 saturated heterocycles. The van der Waals surface area contributed by atoms with Gasteiger partial charge in [-0.3, -0.25) is 9.59 Å². The molecule has 4 heteroatoms. The van der Waals surface area contributed by atoms with Crippen LogP contribution in [0.5, 0.6) is 0 Å². The molecule has 1 atom stereocenters. The first kappa shape index (κ1) is 22.7. The van der Waals surface area contributed by atoms with Crippen molar-refractivity contribution in [2.45, 2.75) is 65.0 Å². The van der Waals surface area contributed by atoms with E-state index in [0.29, 0.717) is 25.9 Å². The molecule has 0 bridgehead atoms. The van der Waals surface area contributed by atoms with Gasteiger partial charge >= 0.3 is 0 Å². The van der Waals surface area contributed by atoms with E-state index in [-0.39, 0.29) is 17.9 Å². The lowest BCUT2D eigenvalue weighted by molar-refractivity contribution is -0.132. The van der Waals surface area contributed by atoms with E-state index in [1.54, 1.807) is 0 Å². The second kappa shape index (κ2) is 12.8. The van der Waals surface area contributed by atoms with E-state index < -0.39 is 0 Å². The van der Waals surface area contributed by atoms with Crippen molar-refractivity contribution in [3.63, 3.8) is 0 Å². The third-order valence-corrected chi connectivity index (χ3v) is 5.10. The van der Waals surface area contributed by atoms with Gasteiger partial charge in [-0.2, -0.15) is 0 Å². The van der Waals surface area contributed by atoms with Crippen molar-refractivity contribution in [3.8, 4) is 0 Å². The first-order valence-electron chi connectivity index (χ1n) is 10.8. The van der Waals surface area contributed by atoms with E-state index in [1.165, 1.54) is 0 Å². The molecule has 0 aliphatic heterocycles. The van der Waals surface area contributed by atoms with Gasteiger partial charge in [-0.15, -0.1) is 0 Å². The van der Waals surface area contributed by atoms with Gasteiger partial charge in [-0.05, 0) is 24.5 Å². The molecule has 1 N–H and O–H groups in total. The predicted molar refractivity (Wildman–Crippen MR) is 118 cm³/mol. The maximum absolute atomic E-state index is 12.8. The number of carbonyl (C=O) groups is 2. The molecule has 0 radical (unpaired) electrons. The molecular weight excluding hydrogens is 360 g/mol. The molecule has 0 fully saturated rings. The predicted octanol–water partition coefficient (Wildman–Crippen LogP) is 5.25. The largest absolute Gasteiger partial charge is 0.350 e. The average Bonchev–Trinajstić information content (AvgIpc) is 2.75. The Labute approximate surface area is 175 Å². The zero-order chi connectivity index (χ0) is 20.9. The summed E-state index contributed by atoms with van der Waals surface area (Å²) in [7, 11) is 0. The Morgan fingerprint density at radius 1 is 0.897 bits per heavy atom. The van der Waals surface area contributed by atoms with Crippen molar-refractivity contribution >= 4 is 11.8 Å². The minimum Gasteiger partial charge on any atom is -0.350 e. The fourth-order valence-electron chi connectivity index (χ4n) is 3.33. The molecule has 4 nitrogen and oxygen atoms in total. The Morgan fingerprint density at radius 3 is 2.21 bits per heavy atom. The SMILES string of the molecule is CCCCCCC(=O)N(CCC(=O)NC(C)c1ccccc1)Cc1ccccc1. The quantitative estimate of drug-likeness (QED) is 0.500. The third-order valence-electron chi connectivity index (χ3n) is 5.10. The van der Waals surface area contributed by atoms with Gasteiger partial charge in [0.15, 0.2) is 0 Å². The molecule has 2 rings (SSSR count). The van der Waals surface area contributed by atoms with E-state index in [0.717, 1.165) is 36.8 Å². The van der Waals surface area contributed by atoms with Gasteiger partial charge in [0.1, 0.15) is 0 Å². The van der Waals surface area contributed by atoms with E-state index in [9.17, 15) is 9.59 Å². The highest BCUT2D eigenvalue weighted by Crippen LogP contribution is 2.13. The number of benzene rings is 2. The Hall–Kier alpha value is -2.62. The van der Waals surface area contributed by atoms with Crippen molar-refractivity contribution in [2.75, 3.05) is 6.54 Å². The van der Waals surface area contributed by atoms with Crippen molar-refractivity contribution < 1.29 is 9.59 Å². The number of nitrogens with one attached hydrogen (secondary N) is 1. The molecule has 0 heterocycles. The Bertz CT molecular complexity index is 731. The summed E-state index contributed by atoms with van der Waals surface area (Å²) in [5.41, 5.74) is 2.17. The summed E-state index contributed by atoms with van der Waals surface area (Å²) in [6, 6.07) is 19.8. The van der Waals surface area contributed by atoms with Crippen LogP contribution in [0.1, 0.15) is 69.5 Å². The van der Waals surface area contributed by atoms with E-state index in [2.05, 4.69) is 12.2 Å². The molecule has 2 amide bonds. The monoisotopic (exact) mass is 394 g/mol. The summed E-state index contributed by atoms with van der Waals surface area (Å²) in [5, 5.41) is 3.04. The van der Waals surface area contributed by atoms with Gasteiger partial charge in [0.25, 0.3) is 0 Å². The Balaban J connectivity index is 1.89. The molecule has 1 unspecified atom stereocenters. The van der Waals surface area contributed by atoms with Gasteiger partial charge < -0.3 is 10.2 Å².